The van der Waals surface area contributed by atoms with Gasteiger partial charge in [0, 0.05) is 0 Å². The van der Waals surface area contributed by atoms with Crippen LogP contribution in [0.4, 0.5) is 0 Å². The van der Waals surface area contributed by atoms with Crippen molar-refractivity contribution >= 4 is 11.8 Å². The molecule has 2 amide bonds. The van der Waals surface area contributed by atoms with Gasteiger partial charge in [-0.15, -0.1) is 0 Å². The molecular weight excluding hydrogens is 154 g/mol. The fraction of sp³-hybridized carbons (Fsp3) is 0.556. The molecule has 1 fully saturated rings. The Hall–Kier alpha value is -1.12. The fourth-order valence-electron chi connectivity index (χ4n) is 2.06. The number of imide groups is 1. The number of hydrogen-bond donors (Lipinski definition) is 1. The van der Waals surface area contributed by atoms with Crippen molar-refractivity contribution < 1.29 is 9.59 Å². The van der Waals surface area contributed by atoms with Crippen LogP contribution in [0.25, 0.3) is 0 Å². The number of carbonyl (C=O) groups excluding carboxylic acids is 2. The van der Waals surface area contributed by atoms with Crippen LogP contribution in [-0.2, 0) is 9.59 Å². The van der Waals surface area contributed by atoms with Crippen LogP contribution in [0.3, 0.4) is 0 Å². The summed E-state index contributed by atoms with van der Waals surface area (Å²) in [4.78, 5) is 22.5. The Balaban J connectivity index is 2.32. The molecule has 3 unspecified atom stereocenters. The van der Waals surface area contributed by atoms with E-state index >= 15 is 0 Å². The molecule has 0 bridgehead atoms. The van der Waals surface area contributed by atoms with Gasteiger partial charge in [-0.05, 0) is 12.3 Å². The van der Waals surface area contributed by atoms with Gasteiger partial charge in [-0.1, -0.05) is 19.1 Å². The second-order valence-corrected chi connectivity index (χ2v) is 3.51. The summed E-state index contributed by atoms with van der Waals surface area (Å²) < 4.78 is 0. The van der Waals surface area contributed by atoms with Gasteiger partial charge in [-0.25, -0.2) is 0 Å². The average Bonchev–Trinajstić information content (AvgIpc) is 2.29. The highest BCUT2D eigenvalue weighted by molar-refractivity contribution is 6.05. The van der Waals surface area contributed by atoms with Gasteiger partial charge in [0.15, 0.2) is 0 Å². The first-order valence-corrected chi connectivity index (χ1v) is 4.21. The molecule has 0 aromatic rings. The molecule has 1 saturated heterocycles. The first-order valence-electron chi connectivity index (χ1n) is 4.21. The average molecular weight is 165 g/mol. The first-order chi connectivity index (χ1) is 5.70. The lowest BCUT2D eigenvalue weighted by Crippen LogP contribution is -2.26. The van der Waals surface area contributed by atoms with Crippen molar-refractivity contribution in [1.82, 2.24) is 5.32 Å². The lowest BCUT2D eigenvalue weighted by Gasteiger charge is -2.22. The van der Waals surface area contributed by atoms with Crippen LogP contribution in [0.1, 0.15) is 13.3 Å². The molecule has 3 nitrogen and oxygen atoms in total. The van der Waals surface area contributed by atoms with E-state index in [-0.39, 0.29) is 29.6 Å². The number of amides is 2. The predicted molar refractivity (Wildman–Crippen MR) is 43.1 cm³/mol. The molecule has 2 rings (SSSR count). The zero-order valence-corrected chi connectivity index (χ0v) is 6.91. The van der Waals surface area contributed by atoms with Crippen LogP contribution in [0.2, 0.25) is 0 Å². The summed E-state index contributed by atoms with van der Waals surface area (Å²) in [6, 6.07) is 0. The molecule has 0 aromatic carbocycles. The van der Waals surface area contributed by atoms with Gasteiger partial charge in [0.1, 0.15) is 0 Å². The van der Waals surface area contributed by atoms with E-state index < -0.39 is 0 Å². The van der Waals surface area contributed by atoms with E-state index in [0.717, 1.165) is 0 Å². The van der Waals surface area contributed by atoms with Crippen LogP contribution >= 0.6 is 0 Å². The molecule has 1 aliphatic heterocycles. The smallest absolute Gasteiger partial charge is 0.231 e. The van der Waals surface area contributed by atoms with Crippen molar-refractivity contribution in [3.05, 3.63) is 12.2 Å². The minimum atomic E-state index is -0.109. The number of carbonyl (C=O) groups is 2. The summed E-state index contributed by atoms with van der Waals surface area (Å²) in [7, 11) is 0. The van der Waals surface area contributed by atoms with Gasteiger partial charge in [-0.2, -0.15) is 0 Å². The highest BCUT2D eigenvalue weighted by Gasteiger charge is 2.44. The maximum atomic E-state index is 11.3. The third-order valence-electron chi connectivity index (χ3n) is 2.72. The van der Waals surface area contributed by atoms with Crippen LogP contribution in [0.15, 0.2) is 12.2 Å². The fourth-order valence-corrected chi connectivity index (χ4v) is 2.06. The molecule has 0 spiro atoms. The summed E-state index contributed by atoms with van der Waals surface area (Å²) in [5, 5.41) is 2.37. The lowest BCUT2D eigenvalue weighted by atomic mass is 9.78. The first kappa shape index (κ1) is 7.53. The molecule has 1 aliphatic carbocycles. The van der Waals surface area contributed by atoms with E-state index in [2.05, 4.69) is 5.32 Å². The van der Waals surface area contributed by atoms with E-state index in [0.29, 0.717) is 6.42 Å². The van der Waals surface area contributed by atoms with Gasteiger partial charge < -0.3 is 0 Å². The van der Waals surface area contributed by atoms with Gasteiger partial charge in [0.2, 0.25) is 11.8 Å². The van der Waals surface area contributed by atoms with Crippen LogP contribution in [-0.4, -0.2) is 11.8 Å². The summed E-state index contributed by atoms with van der Waals surface area (Å²) in [6.45, 7) is 1.98. The number of allylic oxidation sites excluding steroid dienone is 2. The second-order valence-electron chi connectivity index (χ2n) is 3.51. The molecule has 0 saturated carbocycles. The highest BCUT2D eigenvalue weighted by atomic mass is 16.2. The maximum Gasteiger partial charge on any atom is 0.231 e. The number of hydrogen-bond acceptors (Lipinski definition) is 2. The molecule has 0 radical (unpaired) electrons. The zero-order valence-electron chi connectivity index (χ0n) is 6.91. The monoisotopic (exact) mass is 165 g/mol. The van der Waals surface area contributed by atoms with Gasteiger partial charge in [0.25, 0.3) is 0 Å². The Kier molecular flexibility index (Phi) is 1.53. The molecule has 0 aromatic heterocycles. The Labute approximate surface area is 70.8 Å². The minimum Gasteiger partial charge on any atom is -0.296 e. The predicted octanol–water partition coefficient (Wildman–Crippen LogP) is 0.471. The molecular formula is C9H11NO2. The standard InChI is InChI=1S/C9H11NO2/c1-5-3-2-4-6-7(5)9(12)10-8(6)11/h2-3,5-7H,4H2,1H3,(H,10,11,12). The molecule has 3 heteroatoms. The topological polar surface area (TPSA) is 46.2 Å². The number of rotatable bonds is 0. The van der Waals surface area contributed by atoms with E-state index in [1.807, 2.05) is 19.1 Å². The minimum absolute atomic E-state index is 0.0955. The van der Waals surface area contributed by atoms with Crippen molar-refractivity contribution in [2.45, 2.75) is 13.3 Å². The van der Waals surface area contributed by atoms with Crippen molar-refractivity contribution in [2.24, 2.45) is 17.8 Å². The van der Waals surface area contributed by atoms with Crippen LogP contribution in [0, 0.1) is 17.8 Å². The normalized spacial score (nSPS) is 39.6. The Morgan fingerprint density at radius 2 is 2.17 bits per heavy atom. The maximum absolute atomic E-state index is 11.3. The van der Waals surface area contributed by atoms with E-state index in [1.165, 1.54) is 0 Å². The number of fused-ring (bicyclic) bond motifs is 1. The van der Waals surface area contributed by atoms with Crippen molar-refractivity contribution in [1.29, 1.82) is 0 Å². The van der Waals surface area contributed by atoms with E-state index in [9.17, 15) is 9.59 Å². The van der Waals surface area contributed by atoms with Gasteiger partial charge in [-0.3, -0.25) is 14.9 Å². The van der Waals surface area contributed by atoms with Crippen molar-refractivity contribution in [3.8, 4) is 0 Å². The van der Waals surface area contributed by atoms with Gasteiger partial charge >= 0.3 is 0 Å². The largest absolute Gasteiger partial charge is 0.296 e. The molecule has 12 heavy (non-hydrogen) atoms. The summed E-state index contributed by atoms with van der Waals surface area (Å²) in [5.41, 5.74) is 0. The number of nitrogens with one attached hydrogen (secondary N) is 1. The van der Waals surface area contributed by atoms with E-state index in [1.54, 1.807) is 0 Å². The Bertz CT molecular complexity index is 270. The Morgan fingerprint density at radius 3 is 2.83 bits per heavy atom. The van der Waals surface area contributed by atoms with E-state index in [4.69, 9.17) is 0 Å². The molecule has 2 aliphatic rings. The van der Waals surface area contributed by atoms with Crippen LogP contribution < -0.4 is 5.32 Å². The third kappa shape index (κ3) is 0.891. The summed E-state index contributed by atoms with van der Waals surface area (Å²) in [6.07, 6.45) is 4.72. The van der Waals surface area contributed by atoms with Crippen molar-refractivity contribution in [2.75, 3.05) is 0 Å². The third-order valence-corrected chi connectivity index (χ3v) is 2.72. The molecule has 1 N–H and O–H groups in total. The SMILES string of the molecule is CC1C=CCC2C(=O)NC(=O)C12. The van der Waals surface area contributed by atoms with Gasteiger partial charge in [0.05, 0.1) is 11.8 Å². The Morgan fingerprint density at radius 1 is 1.42 bits per heavy atom. The van der Waals surface area contributed by atoms with Crippen molar-refractivity contribution in [3.63, 3.8) is 0 Å². The summed E-state index contributed by atoms with van der Waals surface area (Å²) >= 11 is 0. The second kappa shape index (κ2) is 2.44. The summed E-state index contributed by atoms with van der Waals surface area (Å²) in [5.74, 6) is -0.196. The highest BCUT2D eigenvalue weighted by Crippen LogP contribution is 2.33. The molecule has 3 atom stereocenters. The lowest BCUT2D eigenvalue weighted by molar-refractivity contribution is -0.126. The van der Waals surface area contributed by atoms with Crippen LogP contribution in [0.5, 0.6) is 0 Å². The quantitative estimate of drug-likeness (QED) is 0.419. The molecule has 64 valence electrons. The zero-order chi connectivity index (χ0) is 8.72. The molecule has 1 heterocycles.